The Morgan fingerprint density at radius 2 is 2.18 bits per heavy atom. The van der Waals surface area contributed by atoms with Crippen LogP contribution in [-0.4, -0.2) is 32.2 Å². The zero-order valence-electron chi connectivity index (χ0n) is 6.57. The van der Waals surface area contributed by atoms with Crippen molar-refractivity contribution in [2.24, 2.45) is 0 Å². The van der Waals surface area contributed by atoms with Crippen molar-refractivity contribution in [3.63, 3.8) is 0 Å². The summed E-state index contributed by atoms with van der Waals surface area (Å²) in [6.07, 6.45) is -0.220. The first-order valence-corrected chi connectivity index (χ1v) is 4.73. The zero-order chi connectivity index (χ0) is 8.91. The molecule has 0 saturated heterocycles. The van der Waals surface area contributed by atoms with Gasteiger partial charge in [-0.3, -0.25) is 4.55 Å². The Balaban J connectivity index is 3.54. The molecule has 1 atom stereocenters. The monoisotopic (exact) mass is 183 g/mol. The third-order valence-electron chi connectivity index (χ3n) is 1.00. The third-order valence-corrected chi connectivity index (χ3v) is 1.54. The molecule has 0 aromatic rings. The van der Waals surface area contributed by atoms with Crippen LogP contribution < -0.4 is 4.72 Å². The Hall–Kier alpha value is -0.170. The molecule has 0 aliphatic rings. The molecule has 0 spiro atoms. The molecule has 0 fully saturated rings. The molecule has 11 heavy (non-hydrogen) atoms. The second-order valence-electron chi connectivity index (χ2n) is 2.09. The van der Waals surface area contributed by atoms with Crippen LogP contribution in [0, 0.1) is 0 Å². The van der Waals surface area contributed by atoms with E-state index in [1.165, 1.54) is 0 Å². The molecule has 0 aliphatic carbocycles. The van der Waals surface area contributed by atoms with E-state index < -0.39 is 10.3 Å². The van der Waals surface area contributed by atoms with Crippen LogP contribution in [0.15, 0.2) is 0 Å². The SMILES string of the molecule is CCOC(C)CNS(=O)(=O)O. The molecule has 0 aromatic heterocycles. The van der Waals surface area contributed by atoms with Gasteiger partial charge in [-0.1, -0.05) is 0 Å². The Morgan fingerprint density at radius 1 is 1.64 bits per heavy atom. The Kier molecular flexibility index (Phi) is 4.58. The lowest BCUT2D eigenvalue weighted by Crippen LogP contribution is -2.31. The first kappa shape index (κ1) is 10.8. The standard InChI is InChI=1S/C5H13NO4S/c1-3-10-5(2)4-6-11(7,8)9/h5-6H,3-4H2,1-2H3,(H,7,8,9). The number of hydrogen-bond acceptors (Lipinski definition) is 3. The second kappa shape index (κ2) is 4.66. The summed E-state index contributed by atoms with van der Waals surface area (Å²) in [6, 6.07) is 0. The smallest absolute Gasteiger partial charge is 0.333 e. The molecular formula is C5H13NO4S. The summed E-state index contributed by atoms with van der Waals surface area (Å²) in [5.41, 5.74) is 0. The van der Waals surface area contributed by atoms with Gasteiger partial charge in [0.15, 0.2) is 0 Å². The highest BCUT2D eigenvalue weighted by Crippen LogP contribution is 1.87. The molecule has 0 saturated carbocycles. The minimum atomic E-state index is -4.07. The van der Waals surface area contributed by atoms with Crippen LogP contribution >= 0.6 is 0 Å². The van der Waals surface area contributed by atoms with E-state index in [4.69, 9.17) is 9.29 Å². The Morgan fingerprint density at radius 3 is 2.55 bits per heavy atom. The fourth-order valence-electron chi connectivity index (χ4n) is 0.566. The van der Waals surface area contributed by atoms with E-state index in [2.05, 4.69) is 0 Å². The molecule has 0 bridgehead atoms. The second-order valence-corrected chi connectivity index (χ2v) is 3.33. The first-order chi connectivity index (χ1) is 4.95. The van der Waals surface area contributed by atoms with Crippen molar-refractivity contribution in [2.45, 2.75) is 20.0 Å². The molecule has 6 heteroatoms. The third kappa shape index (κ3) is 7.73. The van der Waals surface area contributed by atoms with Gasteiger partial charge in [0.2, 0.25) is 0 Å². The maximum absolute atomic E-state index is 10.1. The highest BCUT2D eigenvalue weighted by molar-refractivity contribution is 7.83. The molecule has 0 rings (SSSR count). The molecule has 68 valence electrons. The van der Waals surface area contributed by atoms with Gasteiger partial charge in [-0.2, -0.15) is 13.1 Å². The van der Waals surface area contributed by atoms with Crippen molar-refractivity contribution in [1.29, 1.82) is 0 Å². The number of nitrogens with one attached hydrogen (secondary N) is 1. The summed E-state index contributed by atoms with van der Waals surface area (Å²) in [6.45, 7) is 4.13. The fourth-order valence-corrected chi connectivity index (χ4v) is 1.01. The van der Waals surface area contributed by atoms with E-state index in [1.54, 1.807) is 6.92 Å². The van der Waals surface area contributed by atoms with Crippen LogP contribution in [-0.2, 0) is 15.0 Å². The minimum Gasteiger partial charge on any atom is -0.377 e. The van der Waals surface area contributed by atoms with Gasteiger partial charge in [0.1, 0.15) is 0 Å². The summed E-state index contributed by atoms with van der Waals surface area (Å²) >= 11 is 0. The van der Waals surface area contributed by atoms with Gasteiger partial charge in [0.05, 0.1) is 6.10 Å². The minimum absolute atomic E-state index is 0.0900. The van der Waals surface area contributed by atoms with Gasteiger partial charge in [0, 0.05) is 13.2 Å². The fraction of sp³-hybridized carbons (Fsp3) is 1.00. The molecule has 0 aliphatic heterocycles. The molecule has 0 amide bonds. The largest absolute Gasteiger partial charge is 0.377 e. The highest BCUT2D eigenvalue weighted by Gasteiger charge is 2.06. The van der Waals surface area contributed by atoms with Crippen LogP contribution in [0.2, 0.25) is 0 Å². The van der Waals surface area contributed by atoms with E-state index in [0.29, 0.717) is 6.61 Å². The van der Waals surface area contributed by atoms with Crippen LogP contribution in [0.25, 0.3) is 0 Å². The van der Waals surface area contributed by atoms with E-state index in [1.807, 2.05) is 11.6 Å². The molecule has 0 aromatic carbocycles. The van der Waals surface area contributed by atoms with Crippen molar-refractivity contribution in [3.8, 4) is 0 Å². The molecule has 0 radical (unpaired) electrons. The normalized spacial score (nSPS) is 14.8. The number of ether oxygens (including phenoxy) is 1. The van der Waals surface area contributed by atoms with Gasteiger partial charge in [-0.05, 0) is 13.8 Å². The maximum Gasteiger partial charge on any atom is 0.333 e. The van der Waals surface area contributed by atoms with E-state index in [0.717, 1.165) is 0 Å². The zero-order valence-corrected chi connectivity index (χ0v) is 7.39. The van der Waals surface area contributed by atoms with Crippen LogP contribution in [0.5, 0.6) is 0 Å². The Labute approximate surface area is 66.6 Å². The van der Waals surface area contributed by atoms with Gasteiger partial charge >= 0.3 is 10.3 Å². The predicted octanol–water partition coefficient (Wildman–Crippen LogP) is -0.196. The molecular weight excluding hydrogens is 170 g/mol. The lowest BCUT2D eigenvalue weighted by Gasteiger charge is -2.10. The lowest BCUT2D eigenvalue weighted by atomic mass is 10.4. The van der Waals surface area contributed by atoms with Gasteiger partial charge < -0.3 is 4.74 Å². The van der Waals surface area contributed by atoms with Crippen molar-refractivity contribution in [2.75, 3.05) is 13.2 Å². The summed E-state index contributed by atoms with van der Waals surface area (Å²) in [4.78, 5) is 0. The van der Waals surface area contributed by atoms with Crippen molar-refractivity contribution in [3.05, 3.63) is 0 Å². The van der Waals surface area contributed by atoms with Crippen LogP contribution in [0.3, 0.4) is 0 Å². The average molecular weight is 183 g/mol. The maximum atomic E-state index is 10.1. The summed E-state index contributed by atoms with van der Waals surface area (Å²) in [5, 5.41) is 0. The number of rotatable bonds is 5. The van der Waals surface area contributed by atoms with Crippen molar-refractivity contribution >= 4 is 10.3 Å². The van der Waals surface area contributed by atoms with Gasteiger partial charge in [-0.25, -0.2) is 0 Å². The summed E-state index contributed by atoms with van der Waals surface area (Å²) < 4.78 is 35.4. The van der Waals surface area contributed by atoms with Crippen LogP contribution in [0.1, 0.15) is 13.8 Å². The van der Waals surface area contributed by atoms with Crippen LogP contribution in [0.4, 0.5) is 0 Å². The molecule has 0 heterocycles. The molecule has 1 unspecified atom stereocenters. The average Bonchev–Trinajstić information content (AvgIpc) is 1.83. The predicted molar refractivity (Wildman–Crippen MR) is 40.6 cm³/mol. The Bertz CT molecular complexity index is 189. The van der Waals surface area contributed by atoms with Gasteiger partial charge in [-0.15, -0.1) is 0 Å². The lowest BCUT2D eigenvalue weighted by molar-refractivity contribution is 0.0795. The highest BCUT2D eigenvalue weighted by atomic mass is 32.2. The van der Waals surface area contributed by atoms with E-state index >= 15 is 0 Å². The number of hydrogen-bond donors (Lipinski definition) is 2. The van der Waals surface area contributed by atoms with Gasteiger partial charge in [0.25, 0.3) is 0 Å². The first-order valence-electron chi connectivity index (χ1n) is 3.29. The quantitative estimate of drug-likeness (QED) is 0.579. The van der Waals surface area contributed by atoms with E-state index in [9.17, 15) is 8.42 Å². The summed E-state index contributed by atoms with van der Waals surface area (Å²) in [7, 11) is -4.07. The summed E-state index contributed by atoms with van der Waals surface area (Å²) in [5.74, 6) is 0. The molecule has 5 nitrogen and oxygen atoms in total. The van der Waals surface area contributed by atoms with Crippen molar-refractivity contribution < 1.29 is 17.7 Å². The van der Waals surface area contributed by atoms with E-state index in [-0.39, 0.29) is 12.6 Å². The topological polar surface area (TPSA) is 75.6 Å². The molecule has 2 N–H and O–H groups in total. The van der Waals surface area contributed by atoms with Crippen molar-refractivity contribution in [1.82, 2.24) is 4.72 Å².